The molecule has 0 bridgehead atoms. The highest BCUT2D eigenvalue weighted by Gasteiger charge is 2.32. The number of piperidine rings is 1. The second-order valence-electron chi connectivity index (χ2n) is 14.1. The maximum absolute atomic E-state index is 13.0. The summed E-state index contributed by atoms with van der Waals surface area (Å²) in [7, 11) is -0.976. The van der Waals surface area contributed by atoms with Gasteiger partial charge in [0, 0.05) is 62.9 Å². The van der Waals surface area contributed by atoms with E-state index in [1.807, 2.05) is 57.2 Å². The fourth-order valence-corrected chi connectivity index (χ4v) is 7.79. The second-order valence-corrected chi connectivity index (χ2v) is 18.2. The highest BCUT2D eigenvalue weighted by atomic mass is 79.9. The molecule has 0 radical (unpaired) electrons. The van der Waals surface area contributed by atoms with E-state index >= 15 is 0 Å². The summed E-state index contributed by atoms with van der Waals surface area (Å²) in [6.45, 7) is 15.1. The summed E-state index contributed by atoms with van der Waals surface area (Å²) < 4.78 is 25.0. The van der Waals surface area contributed by atoms with Gasteiger partial charge in [-0.1, -0.05) is 18.1 Å². The molecule has 15 heteroatoms. The van der Waals surface area contributed by atoms with Gasteiger partial charge in [0.15, 0.2) is 0 Å². The third-order valence-corrected chi connectivity index (χ3v) is 11.0. The number of halogens is 1. The van der Waals surface area contributed by atoms with Gasteiger partial charge >= 0.3 is 6.09 Å². The number of para-hydroxylation sites is 1. The van der Waals surface area contributed by atoms with Gasteiger partial charge in [0.2, 0.25) is 5.95 Å². The Morgan fingerprint density at radius 3 is 2.31 bits per heavy atom. The predicted molar refractivity (Wildman–Crippen MR) is 212 cm³/mol. The van der Waals surface area contributed by atoms with E-state index in [-0.39, 0.29) is 12.0 Å². The number of ether oxygens (including phenoxy) is 2. The standard InChI is InChI=1S/C37H48BrN8O5P/c1-8-11-33(47)40-28-22-29(42-35-39-24-26(38)34(43-35)41-27-12-9-10-13-32(27)52(6,7)49)31(50-5)23-30(28)45-16-14-25(15-17-45)44-18-20-46(21-19-44)36(48)51-37(2,3)4/h9-10,12-13,22-25H,14-21H2,1-7H3,(H,40,47)(H2,39,41,42,43). The van der Waals surface area contributed by atoms with E-state index in [0.717, 1.165) is 44.7 Å². The molecule has 0 atom stereocenters. The van der Waals surface area contributed by atoms with Crippen LogP contribution in [0.4, 0.5) is 39.3 Å². The zero-order valence-electron chi connectivity index (χ0n) is 30.9. The van der Waals surface area contributed by atoms with Gasteiger partial charge in [0.1, 0.15) is 24.3 Å². The topological polar surface area (TPSA) is 141 Å². The maximum atomic E-state index is 13.0. The van der Waals surface area contributed by atoms with Crippen molar-refractivity contribution in [2.75, 3.05) is 80.6 Å². The normalized spacial score (nSPS) is 15.7. The Morgan fingerprint density at radius 1 is 0.981 bits per heavy atom. The molecule has 2 aliphatic rings. The Bertz CT molecular complexity index is 1890. The minimum absolute atomic E-state index is 0.258. The molecule has 0 unspecified atom stereocenters. The highest BCUT2D eigenvalue weighted by Crippen LogP contribution is 2.41. The van der Waals surface area contributed by atoms with Crippen molar-refractivity contribution in [1.29, 1.82) is 0 Å². The number of hydrogen-bond donors (Lipinski definition) is 3. The van der Waals surface area contributed by atoms with Gasteiger partial charge < -0.3 is 39.8 Å². The molecule has 0 saturated carbocycles. The molecule has 5 rings (SSSR count). The lowest BCUT2D eigenvalue weighted by atomic mass is 10.0. The van der Waals surface area contributed by atoms with Crippen LogP contribution in [0.3, 0.4) is 0 Å². The summed E-state index contributed by atoms with van der Waals surface area (Å²) in [6.07, 6.45) is 3.22. The number of amides is 2. The van der Waals surface area contributed by atoms with Crippen LogP contribution in [0.1, 0.15) is 40.5 Å². The van der Waals surface area contributed by atoms with Crippen molar-refractivity contribution in [3.05, 3.63) is 47.1 Å². The number of anilines is 6. The SMILES string of the molecule is CC#CC(=O)Nc1cc(Nc2ncc(Br)c(Nc3ccccc3P(C)(C)=O)n2)c(OC)cc1N1CCC(N2CCN(C(=O)OC(C)(C)C)CC2)CC1. The molecule has 13 nitrogen and oxygen atoms in total. The molecule has 52 heavy (non-hydrogen) atoms. The molecule has 3 N–H and O–H groups in total. The van der Waals surface area contributed by atoms with Crippen LogP contribution in [0.2, 0.25) is 0 Å². The van der Waals surface area contributed by atoms with Gasteiger partial charge in [-0.15, -0.1) is 0 Å². The second kappa shape index (κ2) is 16.6. The first-order chi connectivity index (χ1) is 24.6. The van der Waals surface area contributed by atoms with Crippen molar-refractivity contribution >= 4 is 74.9 Å². The van der Waals surface area contributed by atoms with Crippen molar-refractivity contribution < 1.29 is 23.6 Å². The maximum Gasteiger partial charge on any atom is 0.410 e. The van der Waals surface area contributed by atoms with Gasteiger partial charge in [0.05, 0.1) is 34.3 Å². The quantitative estimate of drug-likeness (QED) is 0.162. The van der Waals surface area contributed by atoms with Crippen LogP contribution in [0, 0.1) is 11.8 Å². The average Bonchev–Trinajstić information content (AvgIpc) is 3.09. The lowest BCUT2D eigenvalue weighted by Crippen LogP contribution is -2.55. The summed E-state index contributed by atoms with van der Waals surface area (Å²) >= 11 is 3.53. The van der Waals surface area contributed by atoms with Crippen LogP contribution in [0.5, 0.6) is 5.75 Å². The molecule has 2 amide bonds. The van der Waals surface area contributed by atoms with Gasteiger partial charge in [-0.05, 0) is 93.9 Å². The van der Waals surface area contributed by atoms with E-state index in [9.17, 15) is 14.2 Å². The van der Waals surface area contributed by atoms with Crippen LogP contribution < -0.4 is 30.9 Å². The zero-order valence-corrected chi connectivity index (χ0v) is 33.4. The molecule has 3 heterocycles. The monoisotopic (exact) mass is 794 g/mol. The van der Waals surface area contributed by atoms with Crippen LogP contribution in [0.25, 0.3) is 0 Å². The van der Waals surface area contributed by atoms with E-state index in [2.05, 4.69) is 58.5 Å². The van der Waals surface area contributed by atoms with Crippen molar-refractivity contribution in [2.24, 2.45) is 0 Å². The first kappa shape index (κ1) is 38.9. The number of aromatic nitrogens is 2. The number of hydrogen-bond acceptors (Lipinski definition) is 11. The molecule has 1 aromatic heterocycles. The van der Waals surface area contributed by atoms with E-state index < -0.39 is 18.7 Å². The summed E-state index contributed by atoms with van der Waals surface area (Å²) in [5.41, 5.74) is 2.12. The molecule has 2 saturated heterocycles. The molecule has 0 spiro atoms. The van der Waals surface area contributed by atoms with E-state index in [1.54, 1.807) is 38.5 Å². The number of carbonyl (C=O) groups is 2. The third-order valence-electron chi connectivity index (χ3n) is 8.82. The predicted octanol–water partition coefficient (Wildman–Crippen LogP) is 6.47. The smallest absolute Gasteiger partial charge is 0.410 e. The molecule has 2 aliphatic heterocycles. The number of piperazine rings is 1. The summed E-state index contributed by atoms with van der Waals surface area (Å²) in [4.78, 5) is 41.0. The number of nitrogens with one attached hydrogen (secondary N) is 3. The molecule has 278 valence electrons. The Balaban J connectivity index is 1.33. The minimum atomic E-state index is -2.57. The Labute approximate surface area is 314 Å². The molecule has 2 aromatic carbocycles. The van der Waals surface area contributed by atoms with Crippen LogP contribution in [0.15, 0.2) is 47.1 Å². The Hall–Kier alpha value is -4.31. The fraction of sp³-hybridized carbons (Fsp3) is 0.459. The number of rotatable bonds is 9. The summed E-state index contributed by atoms with van der Waals surface area (Å²) in [5.74, 6) is 6.12. The minimum Gasteiger partial charge on any atom is -0.494 e. The first-order valence-electron chi connectivity index (χ1n) is 17.3. The first-order valence-corrected chi connectivity index (χ1v) is 20.7. The van der Waals surface area contributed by atoms with Crippen molar-refractivity contribution in [3.8, 4) is 17.6 Å². The van der Waals surface area contributed by atoms with Gasteiger partial charge in [-0.3, -0.25) is 9.69 Å². The average molecular weight is 796 g/mol. The van der Waals surface area contributed by atoms with Crippen LogP contribution in [-0.2, 0) is 14.1 Å². The summed E-state index contributed by atoms with van der Waals surface area (Å²) in [5, 5.41) is 10.2. The number of nitrogens with zero attached hydrogens (tertiary/aromatic N) is 5. The van der Waals surface area contributed by atoms with E-state index in [4.69, 9.17) is 14.5 Å². The number of carbonyl (C=O) groups excluding carboxylic acids is 2. The van der Waals surface area contributed by atoms with Gasteiger partial charge in [-0.25, -0.2) is 9.78 Å². The molecular formula is C37H48BrN8O5P. The van der Waals surface area contributed by atoms with Crippen molar-refractivity contribution in [2.45, 2.75) is 52.2 Å². The molecule has 2 fully saturated rings. The number of methoxy groups -OCH3 is 1. The highest BCUT2D eigenvalue weighted by molar-refractivity contribution is 9.10. The fourth-order valence-electron chi connectivity index (χ4n) is 6.34. The Morgan fingerprint density at radius 2 is 1.67 bits per heavy atom. The third kappa shape index (κ3) is 9.97. The molecule has 0 aliphatic carbocycles. The largest absolute Gasteiger partial charge is 0.494 e. The van der Waals surface area contributed by atoms with E-state index in [1.165, 1.54) is 0 Å². The lowest BCUT2D eigenvalue weighted by molar-refractivity contribution is -0.111. The zero-order chi connectivity index (χ0) is 37.6. The van der Waals surface area contributed by atoms with Crippen molar-refractivity contribution in [3.63, 3.8) is 0 Å². The Kier molecular flexibility index (Phi) is 12.4. The molecular weight excluding hydrogens is 747 g/mol. The van der Waals surface area contributed by atoms with Gasteiger partial charge in [0.25, 0.3) is 5.91 Å². The van der Waals surface area contributed by atoms with Crippen LogP contribution in [-0.4, -0.2) is 103 Å². The molecule has 3 aromatic rings. The van der Waals surface area contributed by atoms with Gasteiger partial charge in [-0.2, -0.15) is 4.98 Å². The van der Waals surface area contributed by atoms with E-state index in [0.29, 0.717) is 57.5 Å². The van der Waals surface area contributed by atoms with Crippen molar-refractivity contribution in [1.82, 2.24) is 19.8 Å². The summed E-state index contributed by atoms with van der Waals surface area (Å²) in [6, 6.07) is 11.5. The lowest BCUT2D eigenvalue weighted by Gasteiger charge is -2.43. The number of benzene rings is 2. The van der Waals surface area contributed by atoms with Crippen LogP contribution >= 0.6 is 23.1 Å².